The Kier molecular flexibility index (Phi) is 4.97. The van der Waals surface area contributed by atoms with Crippen LogP contribution in [-0.2, 0) is 15.1 Å². The van der Waals surface area contributed by atoms with Gasteiger partial charge in [-0.1, -0.05) is 55.8 Å². The number of rotatable bonds is 3. The van der Waals surface area contributed by atoms with Crippen LogP contribution >= 0.6 is 11.6 Å². The van der Waals surface area contributed by atoms with Crippen LogP contribution in [0.5, 0.6) is 0 Å². The van der Waals surface area contributed by atoms with Gasteiger partial charge in [0.2, 0.25) is 11.8 Å². The molecule has 4 atom stereocenters. The first-order valence-corrected chi connectivity index (χ1v) is 13.2. The highest BCUT2D eigenvalue weighted by molar-refractivity contribution is 6.31. The summed E-state index contributed by atoms with van der Waals surface area (Å²) in [5, 5.41) is 4.77. The van der Waals surface area contributed by atoms with Gasteiger partial charge in [-0.15, -0.1) is 0 Å². The quantitative estimate of drug-likeness (QED) is 0.401. The smallest absolute Gasteiger partial charge is 0.266 e. The van der Waals surface area contributed by atoms with E-state index in [0.29, 0.717) is 39.5 Å². The van der Waals surface area contributed by atoms with Gasteiger partial charge in [-0.05, 0) is 54.8 Å². The van der Waals surface area contributed by atoms with Gasteiger partial charge >= 0.3 is 0 Å². The summed E-state index contributed by atoms with van der Waals surface area (Å²) in [6.45, 7) is 4.21. The summed E-state index contributed by atoms with van der Waals surface area (Å²) >= 11 is 6.10. The molecule has 0 saturated carbocycles. The number of hydrogen-bond acceptors (Lipinski definition) is 5. The van der Waals surface area contributed by atoms with E-state index in [9.17, 15) is 14.4 Å². The van der Waals surface area contributed by atoms with Crippen molar-refractivity contribution in [3.05, 3.63) is 99.6 Å². The number of para-hydroxylation sites is 2. The number of carbonyl (C=O) groups excluding carboxylic acids is 2. The van der Waals surface area contributed by atoms with Crippen molar-refractivity contribution in [2.24, 2.45) is 17.8 Å². The van der Waals surface area contributed by atoms with Crippen LogP contribution in [0.3, 0.4) is 0 Å². The molecular weight excluding hydrogens is 500 g/mol. The van der Waals surface area contributed by atoms with E-state index in [-0.39, 0.29) is 29.3 Å². The Bertz CT molecular complexity index is 1710. The summed E-state index contributed by atoms with van der Waals surface area (Å²) in [5.74, 6) is -1.17. The zero-order valence-corrected chi connectivity index (χ0v) is 21.6. The molecular formula is C30H25ClN4O3. The first-order chi connectivity index (χ1) is 18.3. The molecule has 8 heteroatoms. The average molecular weight is 525 g/mol. The summed E-state index contributed by atoms with van der Waals surface area (Å²) in [7, 11) is 0. The molecule has 7 nitrogen and oxygen atoms in total. The van der Waals surface area contributed by atoms with Crippen LogP contribution in [-0.4, -0.2) is 27.4 Å². The van der Waals surface area contributed by atoms with Gasteiger partial charge in [0, 0.05) is 16.6 Å². The number of anilines is 1. The third-order valence-electron chi connectivity index (χ3n) is 8.17. The van der Waals surface area contributed by atoms with Crippen molar-refractivity contribution in [3.63, 3.8) is 0 Å². The van der Waals surface area contributed by atoms with Crippen molar-refractivity contribution < 1.29 is 9.59 Å². The van der Waals surface area contributed by atoms with E-state index in [4.69, 9.17) is 16.6 Å². The molecule has 2 amide bonds. The summed E-state index contributed by atoms with van der Waals surface area (Å²) in [6.07, 6.45) is 0.691. The molecule has 4 heterocycles. The number of imide groups is 1. The van der Waals surface area contributed by atoms with E-state index in [2.05, 4.69) is 19.2 Å². The maximum atomic E-state index is 14.4. The molecule has 3 aromatic carbocycles. The highest BCUT2D eigenvalue weighted by Gasteiger charge is 2.69. The maximum absolute atomic E-state index is 14.4. The molecule has 0 radical (unpaired) electrons. The number of nitrogens with one attached hydrogen (secondary N) is 1. The first-order valence-electron chi connectivity index (χ1n) is 12.9. The van der Waals surface area contributed by atoms with E-state index in [1.165, 1.54) is 4.90 Å². The molecule has 2 fully saturated rings. The predicted molar refractivity (Wildman–Crippen MR) is 145 cm³/mol. The molecule has 38 heavy (non-hydrogen) atoms. The zero-order chi connectivity index (χ0) is 26.3. The van der Waals surface area contributed by atoms with Crippen LogP contribution in [0.4, 0.5) is 5.69 Å². The standard InChI is InChI=1S/C30H25ClN4O3/c1-16(2)15-22-24-25(28(38)34(27(24)37)18-13-11-17(31)12-14-18)30(33-22)20-8-4-6-10-23(20)35-26(36)19-7-3-5-9-21(19)32-29(30)35/h3-14,16,22,24-25,33H,15H2,1-2H3/t22-,24+,25-,30+/m1/s1. The van der Waals surface area contributed by atoms with Gasteiger partial charge in [-0.25, -0.2) is 9.88 Å². The lowest BCUT2D eigenvalue weighted by Crippen LogP contribution is -2.50. The Hall–Kier alpha value is -3.81. The lowest BCUT2D eigenvalue weighted by molar-refractivity contribution is -0.123. The second-order valence-electron chi connectivity index (χ2n) is 10.8. The van der Waals surface area contributed by atoms with E-state index in [1.807, 2.05) is 42.5 Å². The highest BCUT2D eigenvalue weighted by atomic mass is 35.5. The summed E-state index contributed by atoms with van der Waals surface area (Å²) < 4.78 is 1.63. The molecule has 7 rings (SSSR count). The maximum Gasteiger partial charge on any atom is 0.266 e. The molecule has 2 saturated heterocycles. The number of amides is 2. The molecule has 1 N–H and O–H groups in total. The largest absolute Gasteiger partial charge is 0.297 e. The van der Waals surface area contributed by atoms with Crippen LogP contribution < -0.4 is 15.8 Å². The van der Waals surface area contributed by atoms with Crippen LogP contribution in [0.1, 0.15) is 31.7 Å². The highest BCUT2D eigenvalue weighted by Crippen LogP contribution is 2.56. The number of benzene rings is 3. The molecule has 4 aromatic rings. The number of carbonyl (C=O) groups is 2. The third kappa shape index (κ3) is 2.94. The second-order valence-corrected chi connectivity index (χ2v) is 11.2. The average Bonchev–Trinajstić information content (AvgIpc) is 3.48. The van der Waals surface area contributed by atoms with Crippen LogP contribution in [0.2, 0.25) is 5.02 Å². The molecule has 0 bridgehead atoms. The minimum atomic E-state index is -1.13. The summed E-state index contributed by atoms with van der Waals surface area (Å²) in [6, 6.07) is 21.3. The molecule has 1 aromatic heterocycles. The van der Waals surface area contributed by atoms with Crippen molar-refractivity contribution in [2.75, 3.05) is 4.90 Å². The molecule has 0 unspecified atom stereocenters. The zero-order valence-electron chi connectivity index (χ0n) is 20.9. The number of hydrogen-bond donors (Lipinski definition) is 1. The minimum absolute atomic E-state index is 0.188. The van der Waals surface area contributed by atoms with Crippen LogP contribution in [0.15, 0.2) is 77.6 Å². The van der Waals surface area contributed by atoms with Gasteiger partial charge in [-0.2, -0.15) is 0 Å². The Balaban J connectivity index is 1.52. The lowest BCUT2D eigenvalue weighted by atomic mass is 9.75. The molecule has 3 aliphatic heterocycles. The monoisotopic (exact) mass is 524 g/mol. The Morgan fingerprint density at radius 2 is 1.66 bits per heavy atom. The van der Waals surface area contributed by atoms with Crippen molar-refractivity contribution in [3.8, 4) is 5.69 Å². The molecule has 1 spiro atoms. The van der Waals surface area contributed by atoms with Crippen molar-refractivity contribution in [1.82, 2.24) is 14.9 Å². The van der Waals surface area contributed by atoms with E-state index < -0.39 is 17.4 Å². The number of halogens is 1. The Morgan fingerprint density at radius 1 is 0.947 bits per heavy atom. The fourth-order valence-electron chi connectivity index (χ4n) is 6.77. The van der Waals surface area contributed by atoms with Crippen molar-refractivity contribution >= 4 is 40.0 Å². The summed E-state index contributed by atoms with van der Waals surface area (Å²) in [4.78, 5) is 48.6. The first kappa shape index (κ1) is 23.3. The Morgan fingerprint density at radius 3 is 2.42 bits per heavy atom. The predicted octanol–water partition coefficient (Wildman–Crippen LogP) is 4.42. The van der Waals surface area contributed by atoms with Crippen molar-refractivity contribution in [2.45, 2.75) is 31.8 Å². The van der Waals surface area contributed by atoms with Gasteiger partial charge < -0.3 is 0 Å². The Labute approximate surface area is 224 Å². The molecule has 190 valence electrons. The second kappa shape index (κ2) is 8.09. The van der Waals surface area contributed by atoms with Crippen LogP contribution in [0.25, 0.3) is 16.6 Å². The van der Waals surface area contributed by atoms with E-state index in [1.54, 1.807) is 34.9 Å². The molecule has 3 aliphatic rings. The minimum Gasteiger partial charge on any atom is -0.297 e. The number of nitrogens with zero attached hydrogens (tertiary/aromatic N) is 3. The van der Waals surface area contributed by atoms with Gasteiger partial charge in [0.25, 0.3) is 5.56 Å². The normalized spacial score (nSPS) is 25.5. The third-order valence-corrected chi connectivity index (χ3v) is 8.42. The van der Waals surface area contributed by atoms with Gasteiger partial charge in [-0.3, -0.25) is 24.3 Å². The van der Waals surface area contributed by atoms with Gasteiger partial charge in [0.05, 0.1) is 34.1 Å². The van der Waals surface area contributed by atoms with Gasteiger partial charge in [0.15, 0.2) is 0 Å². The SMILES string of the molecule is CC(C)C[C@H]1N[C@@]2(c3ccccc3-n3c2nc2ccccc2c3=O)[C@H]2C(=O)N(c3ccc(Cl)cc3)C(=O)[C@@H]12. The lowest BCUT2D eigenvalue weighted by Gasteiger charge is -2.32. The van der Waals surface area contributed by atoms with Crippen molar-refractivity contribution in [1.29, 1.82) is 0 Å². The van der Waals surface area contributed by atoms with Crippen LogP contribution in [0, 0.1) is 17.8 Å². The fourth-order valence-corrected chi connectivity index (χ4v) is 6.90. The summed E-state index contributed by atoms with van der Waals surface area (Å²) in [5.41, 5.74) is 1.22. The molecule has 0 aliphatic carbocycles. The number of aromatic nitrogens is 2. The van der Waals surface area contributed by atoms with Gasteiger partial charge in [0.1, 0.15) is 11.4 Å². The fraction of sp³-hybridized carbons (Fsp3) is 0.267. The topological polar surface area (TPSA) is 84.3 Å². The van der Waals surface area contributed by atoms with E-state index in [0.717, 1.165) is 5.56 Å². The van der Waals surface area contributed by atoms with E-state index >= 15 is 0 Å². The number of fused-ring (bicyclic) bond motifs is 8.